The normalized spacial score (nSPS) is 16.8. The number of amides is 1. The van der Waals surface area contributed by atoms with E-state index in [1.165, 1.54) is 0 Å². The minimum Gasteiger partial charge on any atom is -0.506 e. The second-order valence-electron chi connectivity index (χ2n) is 9.78. The first-order valence-electron chi connectivity index (χ1n) is 12.7. The molecule has 4 aromatic rings. The van der Waals surface area contributed by atoms with Gasteiger partial charge in [-0.15, -0.1) is 0 Å². The van der Waals surface area contributed by atoms with Crippen LogP contribution in [0.15, 0.2) is 72.9 Å². The molecule has 200 valence electrons. The number of carbonyl (C=O) groups is 1. The van der Waals surface area contributed by atoms with Crippen molar-refractivity contribution in [3.63, 3.8) is 0 Å². The number of hydrogen-bond acceptors (Lipinski definition) is 4. The van der Waals surface area contributed by atoms with Crippen LogP contribution in [-0.4, -0.2) is 37.1 Å². The number of thiocarbonyl (C=S) groups is 1. The van der Waals surface area contributed by atoms with E-state index < -0.39 is 0 Å². The Morgan fingerprint density at radius 3 is 2.67 bits per heavy atom. The molecule has 0 saturated carbocycles. The van der Waals surface area contributed by atoms with E-state index in [4.69, 9.17) is 23.8 Å². The van der Waals surface area contributed by atoms with Crippen molar-refractivity contribution in [2.45, 2.75) is 39.3 Å². The lowest BCUT2D eigenvalue weighted by molar-refractivity contribution is -0.116. The van der Waals surface area contributed by atoms with Crippen LogP contribution in [0.3, 0.4) is 0 Å². The highest BCUT2D eigenvalue weighted by atomic mass is 35.5. The Balaban J connectivity index is 1.49. The number of aromatic nitrogens is 2. The number of pyridine rings is 1. The maximum atomic E-state index is 12.9. The van der Waals surface area contributed by atoms with E-state index in [0.29, 0.717) is 22.4 Å². The Labute approximate surface area is 238 Å². The molecule has 0 unspecified atom stereocenters. The summed E-state index contributed by atoms with van der Waals surface area (Å²) in [4.78, 5) is 19.6. The van der Waals surface area contributed by atoms with Crippen LogP contribution in [0.1, 0.15) is 46.7 Å². The van der Waals surface area contributed by atoms with Crippen molar-refractivity contribution < 1.29 is 9.90 Å². The number of aryl methyl sites for hydroxylation is 2. The fourth-order valence-corrected chi connectivity index (χ4v) is 5.78. The van der Waals surface area contributed by atoms with Crippen LogP contribution in [0, 0.1) is 20.8 Å². The number of anilines is 1. The molecule has 1 saturated heterocycles. The summed E-state index contributed by atoms with van der Waals surface area (Å²) in [5.41, 5.74) is 6.22. The maximum absolute atomic E-state index is 12.9. The van der Waals surface area contributed by atoms with Gasteiger partial charge in [0.1, 0.15) is 5.75 Å². The Morgan fingerprint density at radius 2 is 1.92 bits per heavy atom. The van der Waals surface area contributed by atoms with Crippen molar-refractivity contribution in [2.24, 2.45) is 0 Å². The standard InChI is InChI=1S/C30H30ClN5O2S/c1-18-7-6-8-22(15-18)33-27(38)12-14-35-29(28(34-30(35)39)24-9-4-5-13-32-24)23-16-19(2)36(20(23)3)25-17-21(31)10-11-26(25)37/h4-11,13,15-17,28-29,37H,12,14H2,1-3H3,(H,33,38)(H,34,39)/t28-,29+/m1/s1. The molecule has 0 bridgehead atoms. The fourth-order valence-electron chi connectivity index (χ4n) is 5.29. The summed E-state index contributed by atoms with van der Waals surface area (Å²) in [6, 6.07) is 20.2. The first-order valence-corrected chi connectivity index (χ1v) is 13.5. The molecule has 1 aliphatic rings. The van der Waals surface area contributed by atoms with Crippen molar-refractivity contribution in [3.8, 4) is 11.4 Å². The van der Waals surface area contributed by atoms with Gasteiger partial charge in [0.2, 0.25) is 5.91 Å². The number of nitrogens with zero attached hydrogens (tertiary/aromatic N) is 3. The van der Waals surface area contributed by atoms with E-state index in [9.17, 15) is 9.90 Å². The maximum Gasteiger partial charge on any atom is 0.226 e. The Bertz CT molecular complexity index is 1540. The predicted molar refractivity (Wildman–Crippen MR) is 159 cm³/mol. The molecule has 39 heavy (non-hydrogen) atoms. The molecule has 0 radical (unpaired) electrons. The van der Waals surface area contributed by atoms with Gasteiger partial charge in [0, 0.05) is 41.3 Å². The smallest absolute Gasteiger partial charge is 0.226 e. The molecule has 2 aromatic heterocycles. The molecule has 3 N–H and O–H groups in total. The van der Waals surface area contributed by atoms with Crippen LogP contribution in [-0.2, 0) is 4.79 Å². The van der Waals surface area contributed by atoms with Crippen molar-refractivity contribution >= 4 is 40.5 Å². The summed E-state index contributed by atoms with van der Waals surface area (Å²) in [7, 11) is 0. The summed E-state index contributed by atoms with van der Waals surface area (Å²) in [5.74, 6) is 0.0523. The third-order valence-corrected chi connectivity index (χ3v) is 7.63. The first-order chi connectivity index (χ1) is 18.7. The Morgan fingerprint density at radius 1 is 1.10 bits per heavy atom. The molecular weight excluding hydrogens is 530 g/mol. The van der Waals surface area contributed by atoms with Gasteiger partial charge in [-0.05, 0) is 92.6 Å². The summed E-state index contributed by atoms with van der Waals surface area (Å²) in [5, 5.41) is 18.2. The lowest BCUT2D eigenvalue weighted by atomic mass is 9.96. The topological polar surface area (TPSA) is 82.4 Å². The summed E-state index contributed by atoms with van der Waals surface area (Å²) < 4.78 is 2.00. The quantitative estimate of drug-likeness (QED) is 0.235. The highest BCUT2D eigenvalue weighted by Crippen LogP contribution is 2.42. The number of rotatable bonds is 7. The number of phenolic OH excluding ortho intramolecular Hbond substituents is 1. The van der Waals surface area contributed by atoms with Gasteiger partial charge in [-0.25, -0.2) is 0 Å². The third-order valence-electron chi connectivity index (χ3n) is 7.05. The van der Waals surface area contributed by atoms with Crippen LogP contribution in [0.2, 0.25) is 5.02 Å². The minimum absolute atomic E-state index is 0.0854. The molecule has 0 aliphatic carbocycles. The lowest BCUT2D eigenvalue weighted by Gasteiger charge is -2.28. The molecule has 5 rings (SSSR count). The van der Waals surface area contributed by atoms with Gasteiger partial charge in [0.05, 0.1) is 23.5 Å². The zero-order chi connectivity index (χ0) is 27.7. The van der Waals surface area contributed by atoms with Gasteiger partial charge >= 0.3 is 0 Å². The first kappa shape index (κ1) is 26.7. The zero-order valence-corrected chi connectivity index (χ0v) is 23.6. The van der Waals surface area contributed by atoms with Gasteiger partial charge in [-0.3, -0.25) is 9.78 Å². The number of phenols is 1. The summed E-state index contributed by atoms with van der Waals surface area (Å²) in [6.07, 6.45) is 2.03. The van der Waals surface area contributed by atoms with Gasteiger partial charge in [-0.1, -0.05) is 29.8 Å². The largest absolute Gasteiger partial charge is 0.506 e. The highest BCUT2D eigenvalue weighted by Gasteiger charge is 2.41. The average Bonchev–Trinajstić information content (AvgIpc) is 3.39. The zero-order valence-electron chi connectivity index (χ0n) is 22.0. The SMILES string of the molecule is Cc1cccc(NC(=O)CCN2C(=S)N[C@H](c3ccccn3)[C@@H]2c2cc(C)n(-c3cc(Cl)ccc3O)c2C)c1. The number of halogens is 1. The minimum atomic E-state index is -0.222. The second kappa shape index (κ2) is 11.1. The Kier molecular flexibility index (Phi) is 7.59. The fraction of sp³-hybridized carbons (Fsp3) is 0.233. The van der Waals surface area contributed by atoms with Gasteiger partial charge < -0.3 is 25.2 Å². The molecule has 9 heteroatoms. The van der Waals surface area contributed by atoms with Crippen molar-refractivity contribution in [1.82, 2.24) is 19.8 Å². The molecular formula is C30H30ClN5O2S. The number of benzene rings is 2. The third kappa shape index (κ3) is 5.48. The summed E-state index contributed by atoms with van der Waals surface area (Å²) >= 11 is 12.1. The van der Waals surface area contributed by atoms with Gasteiger partial charge in [0.15, 0.2) is 5.11 Å². The number of aromatic hydroxyl groups is 1. The molecule has 2 atom stereocenters. The number of nitrogens with one attached hydrogen (secondary N) is 2. The van der Waals surface area contributed by atoms with Crippen LogP contribution in [0.5, 0.6) is 5.75 Å². The molecule has 0 spiro atoms. The van der Waals surface area contributed by atoms with Crippen LogP contribution in [0.25, 0.3) is 5.69 Å². The van der Waals surface area contributed by atoms with E-state index in [-0.39, 0.29) is 30.2 Å². The second-order valence-corrected chi connectivity index (χ2v) is 10.6. The van der Waals surface area contributed by atoms with Crippen LogP contribution in [0.4, 0.5) is 5.69 Å². The van der Waals surface area contributed by atoms with E-state index in [1.807, 2.05) is 67.8 Å². The molecule has 1 amide bonds. The van der Waals surface area contributed by atoms with Crippen molar-refractivity contribution in [1.29, 1.82) is 0 Å². The monoisotopic (exact) mass is 559 g/mol. The average molecular weight is 560 g/mol. The molecule has 1 aliphatic heterocycles. The predicted octanol–water partition coefficient (Wildman–Crippen LogP) is 6.16. The van der Waals surface area contributed by atoms with E-state index in [2.05, 4.69) is 26.6 Å². The summed E-state index contributed by atoms with van der Waals surface area (Å²) in [6.45, 7) is 6.42. The van der Waals surface area contributed by atoms with Gasteiger partial charge in [-0.2, -0.15) is 0 Å². The van der Waals surface area contributed by atoms with Crippen LogP contribution < -0.4 is 10.6 Å². The van der Waals surface area contributed by atoms with E-state index in [0.717, 1.165) is 33.9 Å². The van der Waals surface area contributed by atoms with Crippen molar-refractivity contribution in [2.75, 3.05) is 11.9 Å². The van der Waals surface area contributed by atoms with Crippen molar-refractivity contribution in [3.05, 3.63) is 106 Å². The lowest BCUT2D eigenvalue weighted by Crippen LogP contribution is -2.32. The molecule has 1 fully saturated rings. The highest BCUT2D eigenvalue weighted by molar-refractivity contribution is 7.80. The number of hydrogen-bond donors (Lipinski definition) is 3. The number of carbonyl (C=O) groups excluding carboxylic acids is 1. The van der Waals surface area contributed by atoms with Gasteiger partial charge in [0.25, 0.3) is 0 Å². The van der Waals surface area contributed by atoms with Crippen LogP contribution >= 0.6 is 23.8 Å². The van der Waals surface area contributed by atoms with E-state index in [1.54, 1.807) is 24.4 Å². The molecule has 2 aromatic carbocycles. The van der Waals surface area contributed by atoms with E-state index >= 15 is 0 Å². The molecule has 7 nitrogen and oxygen atoms in total. The molecule has 3 heterocycles. The Hall–Kier alpha value is -3.88.